The summed E-state index contributed by atoms with van der Waals surface area (Å²) in [6.45, 7) is 1.50. The molecule has 3 N–H and O–H groups in total. The topological polar surface area (TPSA) is 108 Å². The lowest BCUT2D eigenvalue weighted by molar-refractivity contribution is -0.130. The number of para-hydroxylation sites is 1. The van der Waals surface area contributed by atoms with Gasteiger partial charge in [-0.1, -0.05) is 30.3 Å². The van der Waals surface area contributed by atoms with E-state index in [-0.39, 0.29) is 11.8 Å². The van der Waals surface area contributed by atoms with Crippen LogP contribution < -0.4 is 16.0 Å². The number of nitrogens with zero attached hydrogens (tertiary/aromatic N) is 2. The average Bonchev–Trinajstić information content (AvgIpc) is 2.80. The zero-order valence-corrected chi connectivity index (χ0v) is 17.3. The first-order valence-electron chi connectivity index (χ1n) is 10.6. The summed E-state index contributed by atoms with van der Waals surface area (Å²) in [5.74, 6) is -0.331. The number of carbonyl (C=O) groups is 2. The van der Waals surface area contributed by atoms with Crippen LogP contribution in [0.3, 0.4) is 0 Å². The number of carbonyl (C=O) groups excluding carboxylic acids is 2. The summed E-state index contributed by atoms with van der Waals surface area (Å²) < 4.78 is 5.28. The molecule has 0 aromatic heterocycles. The third kappa shape index (κ3) is 4.46. The Labute approximate surface area is 181 Å². The molecule has 2 heterocycles. The summed E-state index contributed by atoms with van der Waals surface area (Å²) in [7, 11) is 0. The Morgan fingerprint density at radius 1 is 1.23 bits per heavy atom. The molecule has 1 unspecified atom stereocenters. The molecule has 0 spiro atoms. The second-order valence-corrected chi connectivity index (χ2v) is 8.16. The van der Waals surface area contributed by atoms with Crippen LogP contribution in [0.1, 0.15) is 34.3 Å². The number of amides is 2. The zero-order valence-electron chi connectivity index (χ0n) is 17.3. The molecule has 1 atom stereocenters. The average molecular weight is 418 g/mol. The van der Waals surface area contributed by atoms with Gasteiger partial charge in [-0.2, -0.15) is 5.26 Å². The van der Waals surface area contributed by atoms with Crippen molar-refractivity contribution in [2.75, 3.05) is 24.7 Å². The Morgan fingerprint density at radius 3 is 2.68 bits per heavy atom. The van der Waals surface area contributed by atoms with Crippen LogP contribution in [0, 0.1) is 11.3 Å². The molecule has 1 saturated heterocycles. The molecular weight excluding hydrogens is 392 g/mol. The predicted octanol–water partition coefficient (Wildman–Crippen LogP) is 1.95. The maximum atomic E-state index is 13.0. The number of nitriles is 1. The lowest BCUT2D eigenvalue weighted by Gasteiger charge is -2.32. The molecule has 0 saturated carbocycles. The van der Waals surface area contributed by atoms with Crippen LogP contribution >= 0.6 is 0 Å². The van der Waals surface area contributed by atoms with Crippen LogP contribution in [0.5, 0.6) is 0 Å². The van der Waals surface area contributed by atoms with Crippen molar-refractivity contribution in [1.29, 1.82) is 5.26 Å². The Morgan fingerprint density at radius 2 is 1.97 bits per heavy atom. The molecule has 31 heavy (non-hydrogen) atoms. The summed E-state index contributed by atoms with van der Waals surface area (Å²) in [4.78, 5) is 27.4. The van der Waals surface area contributed by atoms with Gasteiger partial charge in [0.05, 0.1) is 11.6 Å². The number of hydrogen-bond donors (Lipinski definition) is 2. The van der Waals surface area contributed by atoms with Crippen molar-refractivity contribution >= 4 is 17.5 Å². The van der Waals surface area contributed by atoms with E-state index in [2.05, 4.69) is 11.4 Å². The Kier molecular flexibility index (Phi) is 6.03. The molecule has 2 aromatic carbocycles. The van der Waals surface area contributed by atoms with E-state index >= 15 is 0 Å². The summed E-state index contributed by atoms with van der Waals surface area (Å²) in [5, 5.41) is 12.4. The van der Waals surface area contributed by atoms with Gasteiger partial charge in [-0.3, -0.25) is 9.59 Å². The van der Waals surface area contributed by atoms with Gasteiger partial charge in [0.2, 0.25) is 5.91 Å². The lowest BCUT2D eigenvalue weighted by atomic mass is 9.89. The minimum absolute atomic E-state index is 0.0197. The van der Waals surface area contributed by atoms with Crippen LogP contribution in [-0.4, -0.2) is 43.2 Å². The Bertz CT molecular complexity index is 1010. The highest BCUT2D eigenvalue weighted by atomic mass is 16.5. The van der Waals surface area contributed by atoms with Crippen molar-refractivity contribution in [3.8, 4) is 6.07 Å². The SMILES string of the molecule is N#CC(Cc1ccc2c(c1)CCN(c1ccccc1)C2=O)NC(=O)C1(N)CCOCC1. The summed E-state index contributed by atoms with van der Waals surface area (Å²) in [5.41, 5.74) is 8.68. The number of ether oxygens (including phenoxy) is 1. The van der Waals surface area contributed by atoms with E-state index in [4.69, 9.17) is 10.5 Å². The van der Waals surface area contributed by atoms with Crippen molar-refractivity contribution in [3.05, 3.63) is 65.2 Å². The van der Waals surface area contributed by atoms with Gasteiger partial charge in [0, 0.05) is 37.4 Å². The molecule has 1 fully saturated rings. The monoisotopic (exact) mass is 418 g/mol. The van der Waals surface area contributed by atoms with E-state index in [1.165, 1.54) is 0 Å². The van der Waals surface area contributed by atoms with Crippen LogP contribution in [-0.2, 0) is 22.4 Å². The largest absolute Gasteiger partial charge is 0.381 e. The molecule has 2 amide bonds. The van der Waals surface area contributed by atoms with Crippen molar-refractivity contribution in [3.63, 3.8) is 0 Å². The van der Waals surface area contributed by atoms with Gasteiger partial charge in [0.15, 0.2) is 0 Å². The fraction of sp³-hybridized carbons (Fsp3) is 0.375. The number of benzene rings is 2. The fourth-order valence-corrected chi connectivity index (χ4v) is 4.15. The number of anilines is 1. The minimum Gasteiger partial charge on any atom is -0.381 e. The second-order valence-electron chi connectivity index (χ2n) is 8.16. The van der Waals surface area contributed by atoms with Crippen LogP contribution in [0.25, 0.3) is 0 Å². The summed E-state index contributed by atoms with van der Waals surface area (Å²) in [6.07, 6.45) is 1.98. The van der Waals surface area contributed by atoms with Gasteiger partial charge in [0.25, 0.3) is 5.91 Å². The van der Waals surface area contributed by atoms with E-state index in [0.717, 1.165) is 23.2 Å². The first-order chi connectivity index (χ1) is 15.0. The molecule has 160 valence electrons. The molecular formula is C24H26N4O3. The minimum atomic E-state index is -0.990. The van der Waals surface area contributed by atoms with E-state index in [9.17, 15) is 14.9 Å². The van der Waals surface area contributed by atoms with E-state index in [1.807, 2.05) is 48.5 Å². The number of fused-ring (bicyclic) bond motifs is 1. The number of hydrogen-bond acceptors (Lipinski definition) is 5. The maximum absolute atomic E-state index is 13.0. The molecule has 7 heteroatoms. The standard InChI is InChI=1S/C24H26N4O3/c25-16-19(27-23(30)24(26)9-12-31-13-10-24)15-17-6-7-21-18(14-17)8-11-28(22(21)29)20-4-2-1-3-5-20/h1-7,14,19H,8-13,15,26H2,(H,27,30). The van der Waals surface area contributed by atoms with Gasteiger partial charge in [-0.25, -0.2) is 0 Å². The predicted molar refractivity (Wildman–Crippen MR) is 116 cm³/mol. The molecule has 0 bridgehead atoms. The van der Waals surface area contributed by atoms with Crippen LogP contribution in [0.2, 0.25) is 0 Å². The smallest absolute Gasteiger partial charge is 0.258 e. The molecule has 4 rings (SSSR count). The van der Waals surface area contributed by atoms with Gasteiger partial charge in [0.1, 0.15) is 6.04 Å². The Balaban J connectivity index is 1.45. The molecule has 2 aliphatic heterocycles. The summed E-state index contributed by atoms with van der Waals surface area (Å²) in [6, 6.07) is 16.8. The second kappa shape index (κ2) is 8.88. The van der Waals surface area contributed by atoms with E-state index in [1.54, 1.807) is 4.90 Å². The van der Waals surface area contributed by atoms with Crippen molar-refractivity contribution < 1.29 is 14.3 Å². The number of rotatable bonds is 5. The van der Waals surface area contributed by atoms with Gasteiger partial charge in [-0.05, 0) is 48.6 Å². The quantitative estimate of drug-likeness (QED) is 0.772. The molecule has 2 aliphatic rings. The van der Waals surface area contributed by atoms with E-state index in [0.29, 0.717) is 44.6 Å². The van der Waals surface area contributed by atoms with Crippen molar-refractivity contribution in [2.45, 2.75) is 37.3 Å². The molecule has 0 radical (unpaired) electrons. The lowest BCUT2D eigenvalue weighted by Crippen LogP contribution is -2.58. The van der Waals surface area contributed by atoms with Crippen LogP contribution in [0.4, 0.5) is 5.69 Å². The first kappa shape index (κ1) is 21.0. The highest BCUT2D eigenvalue weighted by Crippen LogP contribution is 2.26. The maximum Gasteiger partial charge on any atom is 0.258 e. The molecule has 2 aromatic rings. The van der Waals surface area contributed by atoms with Crippen molar-refractivity contribution in [2.24, 2.45) is 5.73 Å². The van der Waals surface area contributed by atoms with Gasteiger partial charge < -0.3 is 20.7 Å². The van der Waals surface area contributed by atoms with Crippen molar-refractivity contribution in [1.82, 2.24) is 5.32 Å². The highest BCUT2D eigenvalue weighted by Gasteiger charge is 2.37. The number of nitrogens with one attached hydrogen (secondary N) is 1. The molecule has 7 nitrogen and oxygen atoms in total. The van der Waals surface area contributed by atoms with Gasteiger partial charge >= 0.3 is 0 Å². The summed E-state index contributed by atoms with van der Waals surface area (Å²) >= 11 is 0. The third-order valence-electron chi connectivity index (χ3n) is 6.06. The third-order valence-corrected chi connectivity index (χ3v) is 6.06. The number of nitrogens with two attached hydrogens (primary N) is 1. The highest BCUT2D eigenvalue weighted by molar-refractivity contribution is 6.08. The first-order valence-corrected chi connectivity index (χ1v) is 10.6. The zero-order chi connectivity index (χ0) is 21.8. The normalized spacial score (nSPS) is 18.6. The van der Waals surface area contributed by atoms with Crippen LogP contribution in [0.15, 0.2) is 48.5 Å². The fourth-order valence-electron chi connectivity index (χ4n) is 4.15. The molecule has 0 aliphatic carbocycles. The Hall–Kier alpha value is -3.21. The van der Waals surface area contributed by atoms with Gasteiger partial charge in [-0.15, -0.1) is 0 Å². The van der Waals surface area contributed by atoms with E-state index < -0.39 is 11.6 Å².